The number of rotatable bonds is 7. The number of nitrogens with one attached hydrogen (secondary N) is 1. The van der Waals surface area contributed by atoms with E-state index in [2.05, 4.69) is 5.32 Å². The average molecular weight is 257 g/mol. The van der Waals surface area contributed by atoms with Crippen LogP contribution in [-0.4, -0.2) is 37.4 Å². The Morgan fingerprint density at radius 1 is 1.39 bits per heavy atom. The van der Waals surface area contributed by atoms with Crippen molar-refractivity contribution in [2.75, 3.05) is 20.3 Å². The van der Waals surface area contributed by atoms with Crippen molar-refractivity contribution in [3.63, 3.8) is 0 Å². The molecule has 1 saturated carbocycles. The number of methoxy groups -OCH3 is 1. The first-order valence-corrected chi connectivity index (χ1v) is 6.97. The van der Waals surface area contributed by atoms with Crippen LogP contribution in [0.5, 0.6) is 0 Å². The summed E-state index contributed by atoms with van der Waals surface area (Å²) in [6.45, 7) is 4.88. The van der Waals surface area contributed by atoms with Gasteiger partial charge in [0.1, 0.15) is 0 Å². The molecule has 2 N–H and O–H groups in total. The standard InChI is InChI=1S/C14H27NO3/c1-11(2)12(16)10-15-13(17)14(8-9-18-3)6-4-5-7-14/h11-12,16H,4-10H2,1-3H3,(H,15,17). The zero-order chi connectivity index (χ0) is 13.6. The molecule has 4 heteroatoms. The van der Waals surface area contributed by atoms with Crippen LogP contribution < -0.4 is 5.32 Å². The van der Waals surface area contributed by atoms with Crippen LogP contribution in [0.25, 0.3) is 0 Å². The molecule has 0 radical (unpaired) electrons. The fourth-order valence-electron chi connectivity index (χ4n) is 2.56. The summed E-state index contributed by atoms with van der Waals surface area (Å²) < 4.78 is 5.11. The summed E-state index contributed by atoms with van der Waals surface area (Å²) in [7, 11) is 1.67. The maximum absolute atomic E-state index is 12.3. The van der Waals surface area contributed by atoms with Crippen LogP contribution in [0, 0.1) is 11.3 Å². The van der Waals surface area contributed by atoms with Crippen molar-refractivity contribution in [2.45, 2.75) is 52.1 Å². The smallest absolute Gasteiger partial charge is 0.226 e. The molecular formula is C14H27NO3. The molecule has 1 fully saturated rings. The van der Waals surface area contributed by atoms with E-state index in [1.807, 2.05) is 13.8 Å². The van der Waals surface area contributed by atoms with Crippen molar-refractivity contribution in [1.29, 1.82) is 0 Å². The second-order valence-corrected chi connectivity index (χ2v) is 5.75. The SMILES string of the molecule is COCCC1(C(=O)NCC(O)C(C)C)CCCC1. The molecular weight excluding hydrogens is 230 g/mol. The van der Waals surface area contributed by atoms with Gasteiger partial charge in [0.25, 0.3) is 0 Å². The minimum Gasteiger partial charge on any atom is -0.391 e. The fraction of sp³-hybridized carbons (Fsp3) is 0.929. The van der Waals surface area contributed by atoms with E-state index in [1.54, 1.807) is 7.11 Å². The van der Waals surface area contributed by atoms with Gasteiger partial charge in [0, 0.05) is 20.3 Å². The number of carbonyl (C=O) groups excluding carboxylic acids is 1. The Morgan fingerprint density at radius 3 is 2.50 bits per heavy atom. The molecule has 18 heavy (non-hydrogen) atoms. The second-order valence-electron chi connectivity index (χ2n) is 5.75. The lowest BCUT2D eigenvalue weighted by molar-refractivity contribution is -0.132. The summed E-state index contributed by atoms with van der Waals surface area (Å²) in [5.41, 5.74) is -0.257. The van der Waals surface area contributed by atoms with Gasteiger partial charge >= 0.3 is 0 Å². The lowest BCUT2D eigenvalue weighted by atomic mass is 9.82. The zero-order valence-corrected chi connectivity index (χ0v) is 11.9. The van der Waals surface area contributed by atoms with E-state index in [9.17, 15) is 9.90 Å². The van der Waals surface area contributed by atoms with Crippen molar-refractivity contribution in [2.24, 2.45) is 11.3 Å². The van der Waals surface area contributed by atoms with Gasteiger partial charge in [-0.05, 0) is 25.2 Å². The first-order valence-electron chi connectivity index (χ1n) is 6.97. The van der Waals surface area contributed by atoms with Gasteiger partial charge in [-0.2, -0.15) is 0 Å². The number of hydrogen-bond acceptors (Lipinski definition) is 3. The molecule has 0 aromatic carbocycles. The third-order valence-corrected chi connectivity index (χ3v) is 4.07. The monoisotopic (exact) mass is 257 g/mol. The maximum atomic E-state index is 12.3. The maximum Gasteiger partial charge on any atom is 0.226 e. The highest BCUT2D eigenvalue weighted by Gasteiger charge is 2.40. The average Bonchev–Trinajstić information content (AvgIpc) is 2.82. The number of ether oxygens (including phenoxy) is 1. The molecule has 1 atom stereocenters. The minimum atomic E-state index is -0.463. The van der Waals surface area contributed by atoms with Gasteiger partial charge in [0.05, 0.1) is 11.5 Å². The number of carbonyl (C=O) groups is 1. The third kappa shape index (κ3) is 3.95. The number of amides is 1. The lowest BCUT2D eigenvalue weighted by Crippen LogP contribution is -2.44. The van der Waals surface area contributed by atoms with Gasteiger partial charge in [-0.1, -0.05) is 26.7 Å². The van der Waals surface area contributed by atoms with Gasteiger partial charge in [0.2, 0.25) is 5.91 Å². The molecule has 1 unspecified atom stereocenters. The van der Waals surface area contributed by atoms with Crippen LogP contribution in [0.2, 0.25) is 0 Å². The molecule has 0 spiro atoms. The second kappa shape index (κ2) is 7.10. The molecule has 4 nitrogen and oxygen atoms in total. The molecule has 0 aliphatic heterocycles. The molecule has 1 amide bonds. The topological polar surface area (TPSA) is 58.6 Å². The van der Waals surface area contributed by atoms with Gasteiger partial charge in [-0.15, -0.1) is 0 Å². The lowest BCUT2D eigenvalue weighted by Gasteiger charge is -2.28. The molecule has 0 aromatic rings. The van der Waals surface area contributed by atoms with Gasteiger partial charge in [0.15, 0.2) is 0 Å². The molecule has 0 bridgehead atoms. The van der Waals surface area contributed by atoms with Crippen LogP contribution in [0.4, 0.5) is 0 Å². The van der Waals surface area contributed by atoms with Crippen molar-refractivity contribution < 1.29 is 14.6 Å². The molecule has 0 aromatic heterocycles. The summed E-state index contributed by atoms with van der Waals surface area (Å²) >= 11 is 0. The van der Waals surface area contributed by atoms with E-state index in [0.29, 0.717) is 13.2 Å². The summed E-state index contributed by atoms with van der Waals surface area (Å²) in [6, 6.07) is 0. The first-order chi connectivity index (χ1) is 8.52. The quantitative estimate of drug-likeness (QED) is 0.730. The van der Waals surface area contributed by atoms with Gasteiger partial charge < -0.3 is 15.2 Å². The Hall–Kier alpha value is -0.610. The summed E-state index contributed by atoms with van der Waals surface area (Å²) in [6.07, 6.45) is 4.44. The molecule has 1 rings (SSSR count). The third-order valence-electron chi connectivity index (χ3n) is 4.07. The van der Waals surface area contributed by atoms with E-state index in [1.165, 1.54) is 0 Å². The van der Waals surface area contributed by atoms with Crippen LogP contribution in [0.3, 0.4) is 0 Å². The van der Waals surface area contributed by atoms with Crippen molar-refractivity contribution >= 4 is 5.91 Å². The van der Waals surface area contributed by atoms with E-state index in [4.69, 9.17) is 4.74 Å². The number of aliphatic hydroxyl groups is 1. The van der Waals surface area contributed by atoms with Crippen LogP contribution in [0.1, 0.15) is 46.0 Å². The normalized spacial score (nSPS) is 20.1. The highest BCUT2D eigenvalue weighted by atomic mass is 16.5. The van der Waals surface area contributed by atoms with Crippen molar-refractivity contribution in [3.8, 4) is 0 Å². The summed E-state index contributed by atoms with van der Waals surface area (Å²) in [5, 5.41) is 12.6. The van der Waals surface area contributed by atoms with Gasteiger partial charge in [-0.3, -0.25) is 4.79 Å². The highest BCUT2D eigenvalue weighted by molar-refractivity contribution is 5.82. The first kappa shape index (κ1) is 15.4. The van der Waals surface area contributed by atoms with Crippen LogP contribution >= 0.6 is 0 Å². The zero-order valence-electron chi connectivity index (χ0n) is 11.9. The van der Waals surface area contributed by atoms with Crippen LogP contribution in [0.15, 0.2) is 0 Å². The molecule has 1 aliphatic carbocycles. The number of aliphatic hydroxyl groups excluding tert-OH is 1. The Bertz CT molecular complexity index is 260. The Labute approximate surface area is 110 Å². The molecule has 1 aliphatic rings. The van der Waals surface area contributed by atoms with E-state index >= 15 is 0 Å². The molecule has 0 heterocycles. The van der Waals surface area contributed by atoms with Crippen molar-refractivity contribution in [1.82, 2.24) is 5.32 Å². The van der Waals surface area contributed by atoms with Gasteiger partial charge in [-0.25, -0.2) is 0 Å². The van der Waals surface area contributed by atoms with Crippen molar-refractivity contribution in [3.05, 3.63) is 0 Å². The van der Waals surface area contributed by atoms with E-state index in [0.717, 1.165) is 32.1 Å². The van der Waals surface area contributed by atoms with E-state index in [-0.39, 0.29) is 17.2 Å². The Kier molecular flexibility index (Phi) is 6.09. The minimum absolute atomic E-state index is 0.0942. The predicted octanol–water partition coefficient (Wildman–Crippen LogP) is 1.72. The fourth-order valence-corrected chi connectivity index (χ4v) is 2.56. The Morgan fingerprint density at radius 2 is 2.00 bits per heavy atom. The van der Waals surface area contributed by atoms with Crippen LogP contribution in [-0.2, 0) is 9.53 Å². The summed E-state index contributed by atoms with van der Waals surface area (Å²) in [4.78, 5) is 12.3. The highest BCUT2D eigenvalue weighted by Crippen LogP contribution is 2.41. The largest absolute Gasteiger partial charge is 0.391 e. The van der Waals surface area contributed by atoms with E-state index < -0.39 is 6.10 Å². The summed E-state index contributed by atoms with van der Waals surface area (Å²) in [5.74, 6) is 0.264. The molecule has 106 valence electrons. The predicted molar refractivity (Wildman–Crippen MR) is 71.2 cm³/mol. The molecule has 0 saturated heterocycles. The number of hydrogen-bond donors (Lipinski definition) is 2. The Balaban J connectivity index is 2.50.